The average Bonchev–Trinajstić information content (AvgIpc) is 2.36. The maximum absolute atomic E-state index is 10.1. The molecule has 0 amide bonds. The molecule has 118 valence electrons. The van der Waals surface area contributed by atoms with Crippen LogP contribution < -0.4 is 0 Å². The highest BCUT2D eigenvalue weighted by Crippen LogP contribution is 2.04. The van der Waals surface area contributed by atoms with Gasteiger partial charge in [-0.25, -0.2) is 4.79 Å². The standard InChI is InChI=1S/C6H12O7.2H3O2P/c7-1-2(8)3(9)4(10)5(11)6(12)13;2*1-3-2/h2-5,7-11H,1H2,(H,12,13);2*3H2,(H,1,2)/t2-,3-,4+,5-;;/m1../s1. The van der Waals surface area contributed by atoms with Gasteiger partial charge >= 0.3 is 5.97 Å². The van der Waals surface area contributed by atoms with Crippen LogP contribution in [0.4, 0.5) is 0 Å². The second kappa shape index (κ2) is 15.7. The molecule has 19 heavy (non-hydrogen) atoms. The number of rotatable bonds is 5. The molecule has 0 bridgehead atoms. The molecule has 2 unspecified atom stereocenters. The molecule has 0 aliphatic heterocycles. The number of carbonyl (C=O) groups is 1. The summed E-state index contributed by atoms with van der Waals surface area (Å²) in [6.45, 7) is -0.843. The molecule has 0 fully saturated rings. The third-order valence-corrected chi connectivity index (χ3v) is 1.51. The van der Waals surface area contributed by atoms with Crippen LogP contribution in [0.5, 0.6) is 0 Å². The Bertz CT molecular complexity index is 243. The summed E-state index contributed by atoms with van der Waals surface area (Å²) >= 11 is 0. The van der Waals surface area contributed by atoms with Gasteiger partial charge in [0.25, 0.3) is 0 Å². The Labute approximate surface area is 110 Å². The maximum Gasteiger partial charge on any atom is 0.335 e. The van der Waals surface area contributed by atoms with Crippen molar-refractivity contribution >= 4 is 23.3 Å². The van der Waals surface area contributed by atoms with Gasteiger partial charge in [-0.3, -0.25) is 9.13 Å². The van der Waals surface area contributed by atoms with Crippen molar-refractivity contribution in [3.8, 4) is 0 Å². The molecular weight excluding hydrogens is 310 g/mol. The second-order valence-corrected chi connectivity index (χ2v) is 3.15. The van der Waals surface area contributed by atoms with E-state index < -0.39 is 54.4 Å². The Morgan fingerprint density at radius 1 is 0.947 bits per heavy atom. The van der Waals surface area contributed by atoms with Gasteiger partial charge in [0.15, 0.2) is 23.5 Å². The number of aliphatic hydroxyl groups is 5. The highest BCUT2D eigenvalue weighted by molar-refractivity contribution is 7.16. The average molecular weight is 328 g/mol. The smallest absolute Gasteiger partial charge is 0.335 e. The maximum atomic E-state index is 10.1. The van der Waals surface area contributed by atoms with E-state index in [0.29, 0.717) is 0 Å². The van der Waals surface area contributed by atoms with E-state index in [4.69, 9.17) is 49.6 Å². The van der Waals surface area contributed by atoms with E-state index in [9.17, 15) is 4.79 Å². The van der Waals surface area contributed by atoms with Gasteiger partial charge in [-0.05, 0) is 0 Å². The summed E-state index contributed by atoms with van der Waals surface area (Å²) < 4.78 is 17.1. The van der Waals surface area contributed by atoms with Crippen LogP contribution in [0.15, 0.2) is 0 Å². The molecule has 0 spiro atoms. The number of hydrogen-bond donors (Lipinski definition) is 8. The van der Waals surface area contributed by atoms with Crippen molar-refractivity contribution in [2.45, 2.75) is 24.4 Å². The van der Waals surface area contributed by atoms with Crippen LogP contribution in [0, 0.1) is 0 Å². The predicted octanol–water partition coefficient (Wildman–Crippen LogP) is -4.19. The van der Waals surface area contributed by atoms with Crippen molar-refractivity contribution in [2.75, 3.05) is 6.61 Å². The zero-order valence-electron chi connectivity index (χ0n) is 9.47. The monoisotopic (exact) mass is 328 g/mol. The SMILES string of the molecule is O=C(O)[C@H](O)[C@@H](O)[C@H](O)[C@H](O)CO.O=[PH2]O.O=[PH2]O. The molecule has 0 aromatic carbocycles. The molecule has 0 aliphatic rings. The first-order chi connectivity index (χ1) is 8.74. The molecule has 0 aliphatic carbocycles. The van der Waals surface area contributed by atoms with Gasteiger partial charge in [-0.1, -0.05) is 0 Å². The van der Waals surface area contributed by atoms with Crippen molar-refractivity contribution in [1.82, 2.24) is 0 Å². The van der Waals surface area contributed by atoms with Gasteiger partial charge in [0.05, 0.1) is 6.61 Å². The van der Waals surface area contributed by atoms with E-state index >= 15 is 0 Å². The van der Waals surface area contributed by atoms with Gasteiger partial charge in [0.1, 0.15) is 18.3 Å². The molecule has 11 nitrogen and oxygen atoms in total. The summed E-state index contributed by atoms with van der Waals surface area (Å²) in [5, 5.41) is 51.8. The van der Waals surface area contributed by atoms with Crippen molar-refractivity contribution in [2.24, 2.45) is 0 Å². The molecule has 8 N–H and O–H groups in total. The fraction of sp³-hybridized carbons (Fsp3) is 0.833. The van der Waals surface area contributed by atoms with Crippen LogP contribution in [-0.2, 0) is 13.9 Å². The van der Waals surface area contributed by atoms with E-state index in [0.717, 1.165) is 0 Å². The molecule has 0 saturated heterocycles. The lowest BCUT2D eigenvalue weighted by Gasteiger charge is -2.23. The minimum Gasteiger partial charge on any atom is -0.479 e. The minimum absolute atomic E-state index is 0.843. The first kappa shape index (κ1) is 23.7. The number of hydrogen-bond acceptors (Lipinski definition) is 8. The van der Waals surface area contributed by atoms with Crippen LogP contribution in [0.1, 0.15) is 0 Å². The molecule has 0 rings (SSSR count). The molecule has 13 heteroatoms. The van der Waals surface area contributed by atoms with Gasteiger partial charge in [0, 0.05) is 0 Å². The largest absolute Gasteiger partial charge is 0.479 e. The Morgan fingerprint density at radius 2 is 1.26 bits per heavy atom. The summed E-state index contributed by atoms with van der Waals surface area (Å²) in [4.78, 5) is 24.3. The number of carboxylic acids is 1. The van der Waals surface area contributed by atoms with Gasteiger partial charge in [-0.15, -0.1) is 0 Å². The predicted molar refractivity (Wildman–Crippen MR) is 64.0 cm³/mol. The summed E-state index contributed by atoms with van der Waals surface area (Å²) in [7, 11) is -3.00. The Hall–Kier alpha value is -0.350. The zero-order valence-corrected chi connectivity index (χ0v) is 11.8. The van der Waals surface area contributed by atoms with Crippen LogP contribution in [0.3, 0.4) is 0 Å². The Kier molecular flexibility index (Phi) is 19.6. The second-order valence-electron chi connectivity index (χ2n) is 2.73. The van der Waals surface area contributed by atoms with Gasteiger partial charge < -0.3 is 40.4 Å². The van der Waals surface area contributed by atoms with E-state index in [2.05, 4.69) is 0 Å². The normalized spacial score (nSPS) is 17.0. The van der Waals surface area contributed by atoms with Crippen molar-refractivity contribution in [1.29, 1.82) is 0 Å². The fourth-order valence-electron chi connectivity index (χ4n) is 0.668. The summed E-state index contributed by atoms with van der Waals surface area (Å²) in [5.74, 6) is -1.73. The lowest BCUT2D eigenvalue weighted by atomic mass is 10.0. The molecule has 0 radical (unpaired) electrons. The lowest BCUT2D eigenvalue weighted by molar-refractivity contribution is -0.164. The van der Waals surface area contributed by atoms with E-state index in [-0.39, 0.29) is 0 Å². The number of aliphatic carboxylic acids is 1. The highest BCUT2D eigenvalue weighted by Gasteiger charge is 2.33. The van der Waals surface area contributed by atoms with Crippen LogP contribution in [-0.4, -0.2) is 77.4 Å². The molecule has 0 aromatic heterocycles. The third kappa shape index (κ3) is 13.9. The first-order valence-electron chi connectivity index (χ1n) is 4.46. The Balaban J connectivity index is -0.000000360. The Morgan fingerprint density at radius 3 is 1.47 bits per heavy atom. The molecule has 6 atom stereocenters. The van der Waals surface area contributed by atoms with Crippen LogP contribution in [0.2, 0.25) is 0 Å². The minimum atomic E-state index is -2.20. The van der Waals surface area contributed by atoms with E-state index in [1.807, 2.05) is 0 Å². The molecule has 0 aromatic rings. The summed E-state index contributed by atoms with van der Waals surface area (Å²) in [6, 6.07) is 0. The molecule has 0 heterocycles. The summed E-state index contributed by atoms with van der Waals surface area (Å²) in [6.07, 6.45) is -7.84. The van der Waals surface area contributed by atoms with Crippen LogP contribution >= 0.6 is 17.4 Å². The summed E-state index contributed by atoms with van der Waals surface area (Å²) in [5.41, 5.74) is 0. The topological polar surface area (TPSA) is 213 Å². The van der Waals surface area contributed by atoms with Gasteiger partial charge in [-0.2, -0.15) is 0 Å². The van der Waals surface area contributed by atoms with Crippen molar-refractivity contribution in [3.63, 3.8) is 0 Å². The van der Waals surface area contributed by atoms with E-state index in [1.165, 1.54) is 0 Å². The van der Waals surface area contributed by atoms with Crippen LogP contribution in [0.25, 0.3) is 0 Å². The quantitative estimate of drug-likeness (QED) is 0.226. The van der Waals surface area contributed by atoms with Gasteiger partial charge in [0.2, 0.25) is 0 Å². The zero-order chi connectivity index (χ0) is 16.0. The molecule has 0 saturated carbocycles. The third-order valence-electron chi connectivity index (χ3n) is 1.51. The first-order valence-corrected chi connectivity index (χ1v) is 6.44. The lowest BCUT2D eigenvalue weighted by Crippen LogP contribution is -2.48. The van der Waals surface area contributed by atoms with Crippen molar-refractivity contribution in [3.05, 3.63) is 0 Å². The fourth-order valence-corrected chi connectivity index (χ4v) is 0.668. The number of aliphatic hydroxyl groups excluding tert-OH is 5. The van der Waals surface area contributed by atoms with E-state index in [1.54, 1.807) is 0 Å². The number of carboxylic acid groups (broad SMARTS) is 1. The highest BCUT2D eigenvalue weighted by atomic mass is 31.1. The molecular formula is C6H18O11P2. The van der Waals surface area contributed by atoms with Crippen molar-refractivity contribution < 1.29 is 54.4 Å².